The number of Topliss-reactive ketones (excluding diaryl/α,β-unsaturated/α-hetero) is 1. The number of rotatable bonds is 11. The fraction of sp³-hybridized carbons (Fsp3) is 0.647. The number of carbonyl (C=O) groups excluding carboxylic acids is 4. The van der Waals surface area contributed by atoms with Crippen molar-refractivity contribution in [2.75, 3.05) is 26.9 Å². The Morgan fingerprint density at radius 2 is 1.58 bits per heavy atom. The summed E-state index contributed by atoms with van der Waals surface area (Å²) in [4.78, 5) is 45.7. The Morgan fingerprint density at radius 1 is 1.00 bits per heavy atom. The van der Waals surface area contributed by atoms with Gasteiger partial charge in [0.25, 0.3) is 0 Å². The first-order valence-corrected chi connectivity index (χ1v) is 7.87. The Labute approximate surface area is 152 Å². The van der Waals surface area contributed by atoms with Gasteiger partial charge < -0.3 is 23.7 Å². The summed E-state index contributed by atoms with van der Waals surface area (Å²) in [5.74, 6) is -1.83. The Bertz CT molecular complexity index is 528. The van der Waals surface area contributed by atoms with Crippen molar-refractivity contribution in [1.82, 2.24) is 0 Å². The topological polar surface area (TPSA) is 114 Å². The first-order chi connectivity index (χ1) is 12.0. The molecule has 26 heavy (non-hydrogen) atoms. The lowest BCUT2D eigenvalue weighted by molar-refractivity contribution is -0.162. The van der Waals surface area contributed by atoms with Crippen molar-refractivity contribution in [1.29, 1.82) is 0 Å². The quantitative estimate of drug-likeness (QED) is 0.301. The van der Waals surface area contributed by atoms with Crippen LogP contribution in [0.3, 0.4) is 0 Å². The smallest absolute Gasteiger partial charge is 0.462 e. The number of hydrogen-bond acceptors (Lipinski definition) is 9. The lowest BCUT2D eigenvalue weighted by Gasteiger charge is -2.27. The molecule has 0 fully saturated rings. The minimum atomic E-state index is -1.25. The predicted molar refractivity (Wildman–Crippen MR) is 89.3 cm³/mol. The number of hydrogen-bond donors (Lipinski definition) is 0. The maximum atomic E-state index is 11.7. The van der Waals surface area contributed by atoms with E-state index in [2.05, 4.69) is 6.58 Å². The molecule has 0 aliphatic carbocycles. The van der Waals surface area contributed by atoms with E-state index in [1.165, 1.54) is 27.9 Å². The van der Waals surface area contributed by atoms with Crippen LogP contribution in [0, 0.1) is 5.41 Å². The van der Waals surface area contributed by atoms with E-state index in [0.717, 1.165) is 6.08 Å². The lowest BCUT2D eigenvalue weighted by atomic mass is 9.94. The van der Waals surface area contributed by atoms with E-state index in [4.69, 9.17) is 23.7 Å². The fourth-order valence-electron chi connectivity index (χ4n) is 1.59. The minimum absolute atomic E-state index is 0.0767. The first-order valence-electron chi connectivity index (χ1n) is 7.87. The molecule has 0 rings (SSSR count). The molecular formula is C17H26O9. The standard InChI is InChI=1S/C17H26O9/c1-7-14(19)23-9-17(5,8-22-6)10-24-16(21)26-13(4)15(20)25-12(3)11(2)18/h7,12-13H,1,8-10H2,2-6H3. The molecule has 0 aromatic rings. The second kappa shape index (κ2) is 11.2. The van der Waals surface area contributed by atoms with Gasteiger partial charge in [-0.3, -0.25) is 4.79 Å². The van der Waals surface area contributed by atoms with Crippen LogP contribution in [0.5, 0.6) is 0 Å². The molecule has 148 valence electrons. The van der Waals surface area contributed by atoms with E-state index in [0.29, 0.717) is 0 Å². The van der Waals surface area contributed by atoms with Gasteiger partial charge in [0.15, 0.2) is 18.0 Å². The van der Waals surface area contributed by atoms with Crippen LogP contribution in [0.1, 0.15) is 27.7 Å². The van der Waals surface area contributed by atoms with Crippen molar-refractivity contribution in [3.05, 3.63) is 12.7 Å². The third kappa shape index (κ3) is 9.16. The normalized spacial score (nSPS) is 15.0. The van der Waals surface area contributed by atoms with Crippen molar-refractivity contribution in [2.45, 2.75) is 39.9 Å². The number of esters is 2. The van der Waals surface area contributed by atoms with Crippen LogP contribution in [-0.4, -0.2) is 63.0 Å². The van der Waals surface area contributed by atoms with Gasteiger partial charge in [0.05, 0.1) is 12.0 Å². The molecule has 0 radical (unpaired) electrons. The van der Waals surface area contributed by atoms with E-state index >= 15 is 0 Å². The highest BCUT2D eigenvalue weighted by Gasteiger charge is 2.30. The van der Waals surface area contributed by atoms with Crippen LogP contribution in [0.4, 0.5) is 4.79 Å². The maximum absolute atomic E-state index is 11.7. The second-order valence-electron chi connectivity index (χ2n) is 6.04. The van der Waals surface area contributed by atoms with Gasteiger partial charge in [-0.15, -0.1) is 0 Å². The maximum Gasteiger partial charge on any atom is 0.509 e. The van der Waals surface area contributed by atoms with Crippen LogP contribution in [-0.2, 0) is 38.1 Å². The summed E-state index contributed by atoms with van der Waals surface area (Å²) in [5.41, 5.74) is -0.820. The van der Waals surface area contributed by atoms with Crippen LogP contribution < -0.4 is 0 Å². The van der Waals surface area contributed by atoms with Gasteiger partial charge in [0.1, 0.15) is 13.2 Å². The zero-order chi connectivity index (χ0) is 20.3. The average Bonchev–Trinajstić information content (AvgIpc) is 2.58. The number of methoxy groups -OCH3 is 1. The van der Waals surface area contributed by atoms with E-state index in [1.54, 1.807) is 6.92 Å². The molecule has 0 N–H and O–H groups in total. The average molecular weight is 374 g/mol. The molecule has 0 aliphatic heterocycles. The first kappa shape index (κ1) is 23.6. The van der Waals surface area contributed by atoms with Crippen molar-refractivity contribution < 1.29 is 42.9 Å². The van der Waals surface area contributed by atoms with Gasteiger partial charge in [-0.05, 0) is 20.8 Å². The molecule has 0 aromatic heterocycles. The van der Waals surface area contributed by atoms with Crippen LogP contribution in [0.15, 0.2) is 12.7 Å². The Hall–Kier alpha value is -2.42. The number of ether oxygens (including phenoxy) is 5. The summed E-state index contributed by atoms with van der Waals surface area (Å²) in [7, 11) is 1.44. The van der Waals surface area contributed by atoms with E-state index in [1.807, 2.05) is 0 Å². The van der Waals surface area contributed by atoms with Gasteiger partial charge in [0.2, 0.25) is 0 Å². The van der Waals surface area contributed by atoms with Gasteiger partial charge in [-0.2, -0.15) is 0 Å². The SMILES string of the molecule is C=CC(=O)OCC(C)(COC)COC(=O)OC(C)C(=O)OC(C)C(C)=O. The highest BCUT2D eigenvalue weighted by atomic mass is 16.7. The monoisotopic (exact) mass is 374 g/mol. The highest BCUT2D eigenvalue weighted by Crippen LogP contribution is 2.19. The molecule has 0 amide bonds. The van der Waals surface area contributed by atoms with Gasteiger partial charge >= 0.3 is 18.1 Å². The van der Waals surface area contributed by atoms with Crippen molar-refractivity contribution in [3.8, 4) is 0 Å². The summed E-state index contributed by atoms with van der Waals surface area (Å²) >= 11 is 0. The number of ketones is 1. The fourth-order valence-corrected chi connectivity index (χ4v) is 1.59. The molecule has 9 nitrogen and oxygen atoms in total. The predicted octanol–water partition coefficient (Wildman–Crippen LogP) is 1.43. The van der Waals surface area contributed by atoms with Gasteiger partial charge in [-0.1, -0.05) is 13.5 Å². The summed E-state index contributed by atoms with van der Waals surface area (Å²) in [6, 6.07) is 0. The van der Waals surface area contributed by atoms with Gasteiger partial charge in [-0.25, -0.2) is 14.4 Å². The second-order valence-corrected chi connectivity index (χ2v) is 6.04. The molecular weight excluding hydrogens is 348 g/mol. The molecule has 0 aliphatic rings. The van der Waals surface area contributed by atoms with Crippen molar-refractivity contribution in [2.24, 2.45) is 5.41 Å². The zero-order valence-electron chi connectivity index (χ0n) is 15.7. The number of carbonyl (C=O) groups is 4. The van der Waals surface area contributed by atoms with E-state index in [-0.39, 0.29) is 25.6 Å². The Balaban J connectivity index is 4.54. The molecule has 9 heteroatoms. The largest absolute Gasteiger partial charge is 0.509 e. The third-order valence-electron chi connectivity index (χ3n) is 3.23. The summed E-state index contributed by atoms with van der Waals surface area (Å²) < 4.78 is 24.6. The van der Waals surface area contributed by atoms with Crippen molar-refractivity contribution in [3.63, 3.8) is 0 Å². The molecule has 0 heterocycles. The van der Waals surface area contributed by atoms with E-state index < -0.39 is 35.7 Å². The molecule has 3 unspecified atom stereocenters. The highest BCUT2D eigenvalue weighted by molar-refractivity contribution is 5.84. The molecule has 3 atom stereocenters. The van der Waals surface area contributed by atoms with E-state index in [9.17, 15) is 19.2 Å². The zero-order valence-corrected chi connectivity index (χ0v) is 15.7. The van der Waals surface area contributed by atoms with Crippen molar-refractivity contribution >= 4 is 23.9 Å². The Morgan fingerprint density at radius 3 is 2.08 bits per heavy atom. The third-order valence-corrected chi connectivity index (χ3v) is 3.23. The van der Waals surface area contributed by atoms with Crippen LogP contribution >= 0.6 is 0 Å². The molecule has 0 aromatic carbocycles. The molecule has 0 saturated heterocycles. The summed E-state index contributed by atoms with van der Waals surface area (Å²) in [6.45, 7) is 8.80. The lowest BCUT2D eigenvalue weighted by Crippen LogP contribution is -2.37. The summed E-state index contributed by atoms with van der Waals surface area (Å²) in [6.07, 6.45) is -2.29. The molecule has 0 saturated carbocycles. The molecule has 0 bridgehead atoms. The Kier molecular flexibility index (Phi) is 10.2. The van der Waals surface area contributed by atoms with Crippen LogP contribution in [0.2, 0.25) is 0 Å². The van der Waals surface area contributed by atoms with Crippen LogP contribution in [0.25, 0.3) is 0 Å². The minimum Gasteiger partial charge on any atom is -0.462 e. The van der Waals surface area contributed by atoms with Gasteiger partial charge in [0, 0.05) is 13.2 Å². The molecule has 0 spiro atoms. The summed E-state index contributed by atoms with van der Waals surface area (Å²) in [5, 5.41) is 0.